The van der Waals surface area contributed by atoms with Crippen LogP contribution in [-0.4, -0.2) is 18.2 Å². The molecule has 0 atom stereocenters. The van der Waals surface area contributed by atoms with Crippen molar-refractivity contribution in [3.05, 3.63) is 74.7 Å². The zero-order chi connectivity index (χ0) is 16.8. The first-order chi connectivity index (χ1) is 11.0. The Morgan fingerprint density at radius 3 is 2.48 bits per heavy atom. The maximum absolute atomic E-state index is 12.0. The molecule has 0 aliphatic heterocycles. The summed E-state index contributed by atoms with van der Waals surface area (Å²) in [6.45, 7) is -0.128. The molecule has 2 aromatic carbocycles. The molecular weight excluding hydrogens is 357 g/mol. The van der Waals surface area contributed by atoms with Crippen LogP contribution in [-0.2, 0) is 4.79 Å². The standard InChI is InChI=1S/C17H12Cl3NO2/c18-13-3-1-2-11(8-13)4-7-17(23)21-10-16(22)12-5-6-14(19)15(20)9-12/h1-9H,10H2,(H,21,23)/b7-4+. The second-order valence-corrected chi connectivity index (χ2v) is 5.91. The monoisotopic (exact) mass is 367 g/mol. The molecule has 23 heavy (non-hydrogen) atoms. The van der Waals surface area contributed by atoms with Crippen LogP contribution in [0.4, 0.5) is 0 Å². The molecule has 0 aliphatic carbocycles. The van der Waals surface area contributed by atoms with Gasteiger partial charge < -0.3 is 5.32 Å². The highest BCUT2D eigenvalue weighted by atomic mass is 35.5. The Bertz CT molecular complexity index is 772. The molecule has 0 unspecified atom stereocenters. The molecule has 0 aromatic heterocycles. The van der Waals surface area contributed by atoms with Gasteiger partial charge in [-0.2, -0.15) is 0 Å². The van der Waals surface area contributed by atoms with Gasteiger partial charge >= 0.3 is 0 Å². The number of benzene rings is 2. The lowest BCUT2D eigenvalue weighted by Gasteiger charge is -2.03. The van der Waals surface area contributed by atoms with Crippen LogP contribution in [0.3, 0.4) is 0 Å². The Morgan fingerprint density at radius 2 is 1.78 bits per heavy atom. The Balaban J connectivity index is 1.91. The molecule has 0 saturated heterocycles. The molecule has 0 saturated carbocycles. The van der Waals surface area contributed by atoms with E-state index in [-0.39, 0.29) is 18.2 Å². The van der Waals surface area contributed by atoms with Crippen molar-refractivity contribution in [2.45, 2.75) is 0 Å². The second kappa shape index (κ2) is 8.16. The topological polar surface area (TPSA) is 46.2 Å². The van der Waals surface area contributed by atoms with Gasteiger partial charge in [-0.3, -0.25) is 9.59 Å². The van der Waals surface area contributed by atoms with Gasteiger partial charge in [-0.1, -0.05) is 46.9 Å². The maximum atomic E-state index is 12.0. The van der Waals surface area contributed by atoms with E-state index in [1.807, 2.05) is 6.07 Å². The number of carbonyl (C=O) groups excluding carboxylic acids is 2. The number of rotatable bonds is 5. The number of hydrogen-bond donors (Lipinski definition) is 1. The van der Waals surface area contributed by atoms with Gasteiger partial charge in [0.15, 0.2) is 5.78 Å². The first-order valence-electron chi connectivity index (χ1n) is 6.65. The molecule has 2 rings (SSSR count). The van der Waals surface area contributed by atoms with E-state index < -0.39 is 0 Å². The third kappa shape index (κ3) is 5.39. The van der Waals surface area contributed by atoms with Crippen molar-refractivity contribution in [3.8, 4) is 0 Å². The SMILES string of the molecule is O=C(/C=C/c1cccc(Cl)c1)NCC(=O)c1ccc(Cl)c(Cl)c1. The molecular formula is C17H12Cl3NO2. The average molecular weight is 369 g/mol. The first kappa shape index (κ1) is 17.5. The summed E-state index contributed by atoms with van der Waals surface area (Å²) in [5, 5.41) is 3.77. The number of Topliss-reactive ketones (excluding diaryl/α,β-unsaturated/α-hetero) is 1. The third-order valence-corrected chi connectivity index (χ3v) is 3.91. The van der Waals surface area contributed by atoms with E-state index in [9.17, 15) is 9.59 Å². The van der Waals surface area contributed by atoms with Crippen molar-refractivity contribution >= 4 is 52.6 Å². The van der Waals surface area contributed by atoms with Gasteiger partial charge in [-0.25, -0.2) is 0 Å². The largest absolute Gasteiger partial charge is 0.345 e. The summed E-state index contributed by atoms with van der Waals surface area (Å²) >= 11 is 17.5. The maximum Gasteiger partial charge on any atom is 0.244 e. The van der Waals surface area contributed by atoms with Gasteiger partial charge in [0, 0.05) is 16.7 Å². The molecule has 1 amide bonds. The van der Waals surface area contributed by atoms with Gasteiger partial charge in [0.1, 0.15) is 0 Å². The molecule has 0 spiro atoms. The van der Waals surface area contributed by atoms with Crippen molar-refractivity contribution in [2.75, 3.05) is 6.54 Å². The molecule has 3 nitrogen and oxygen atoms in total. The Hall–Kier alpha value is -1.81. The summed E-state index contributed by atoms with van der Waals surface area (Å²) in [5.74, 6) is -0.633. The lowest BCUT2D eigenvalue weighted by molar-refractivity contribution is -0.116. The predicted molar refractivity (Wildman–Crippen MR) is 94.3 cm³/mol. The molecule has 0 heterocycles. The number of hydrogen-bond acceptors (Lipinski definition) is 2. The fraction of sp³-hybridized carbons (Fsp3) is 0.0588. The normalized spacial score (nSPS) is 10.7. The summed E-state index contributed by atoms with van der Waals surface area (Å²) in [5.41, 5.74) is 1.18. The number of nitrogens with one attached hydrogen (secondary N) is 1. The van der Waals surface area contributed by atoms with Crippen LogP contribution >= 0.6 is 34.8 Å². The average Bonchev–Trinajstić information content (AvgIpc) is 2.53. The number of carbonyl (C=O) groups is 2. The van der Waals surface area contributed by atoms with Gasteiger partial charge in [0.2, 0.25) is 5.91 Å². The highest BCUT2D eigenvalue weighted by Gasteiger charge is 2.09. The minimum atomic E-state index is -0.376. The van der Waals surface area contributed by atoms with Gasteiger partial charge in [0.05, 0.1) is 16.6 Å². The highest BCUT2D eigenvalue weighted by Crippen LogP contribution is 2.22. The second-order valence-electron chi connectivity index (χ2n) is 4.66. The summed E-state index contributed by atoms with van der Waals surface area (Å²) in [4.78, 5) is 23.7. The Morgan fingerprint density at radius 1 is 1.00 bits per heavy atom. The van der Waals surface area contributed by atoms with Crippen LogP contribution < -0.4 is 5.32 Å². The van der Waals surface area contributed by atoms with E-state index in [2.05, 4.69) is 5.32 Å². The van der Waals surface area contributed by atoms with Crippen LogP contribution in [0.5, 0.6) is 0 Å². The van der Waals surface area contributed by atoms with Crippen molar-refractivity contribution in [3.63, 3.8) is 0 Å². The van der Waals surface area contributed by atoms with Crippen LogP contribution in [0.2, 0.25) is 15.1 Å². The lowest BCUT2D eigenvalue weighted by atomic mass is 10.1. The summed E-state index contributed by atoms with van der Waals surface area (Å²) in [6.07, 6.45) is 2.96. The van der Waals surface area contributed by atoms with E-state index in [1.165, 1.54) is 18.2 Å². The van der Waals surface area contributed by atoms with Crippen molar-refractivity contribution in [2.24, 2.45) is 0 Å². The fourth-order valence-electron chi connectivity index (χ4n) is 1.78. The molecule has 6 heteroatoms. The van der Waals surface area contributed by atoms with Crippen molar-refractivity contribution in [1.29, 1.82) is 0 Å². The molecule has 2 aromatic rings. The Kier molecular flexibility index (Phi) is 6.22. The molecule has 0 aliphatic rings. The minimum absolute atomic E-state index is 0.128. The van der Waals surface area contributed by atoms with E-state index >= 15 is 0 Å². The van der Waals surface area contributed by atoms with E-state index in [0.717, 1.165) is 5.56 Å². The third-order valence-electron chi connectivity index (χ3n) is 2.94. The molecule has 0 fully saturated rings. The first-order valence-corrected chi connectivity index (χ1v) is 7.79. The number of halogens is 3. The molecule has 1 N–H and O–H groups in total. The summed E-state index contributed by atoms with van der Waals surface area (Å²) in [7, 11) is 0. The minimum Gasteiger partial charge on any atom is -0.345 e. The zero-order valence-corrected chi connectivity index (χ0v) is 14.1. The number of ketones is 1. The molecule has 118 valence electrons. The van der Waals surface area contributed by atoms with Crippen molar-refractivity contribution in [1.82, 2.24) is 5.32 Å². The molecule has 0 radical (unpaired) electrons. The van der Waals surface area contributed by atoms with Gasteiger partial charge in [-0.15, -0.1) is 0 Å². The molecule has 0 bridgehead atoms. The van der Waals surface area contributed by atoms with Crippen LogP contribution in [0.15, 0.2) is 48.5 Å². The predicted octanol–water partition coefficient (Wildman–Crippen LogP) is 4.66. The highest BCUT2D eigenvalue weighted by molar-refractivity contribution is 6.42. The lowest BCUT2D eigenvalue weighted by Crippen LogP contribution is -2.27. The fourth-order valence-corrected chi connectivity index (χ4v) is 2.28. The Labute approximate surface area is 148 Å². The van der Waals surface area contributed by atoms with E-state index in [1.54, 1.807) is 30.3 Å². The summed E-state index contributed by atoms with van der Waals surface area (Å²) in [6, 6.07) is 11.6. The van der Waals surface area contributed by atoms with Crippen LogP contribution in [0.25, 0.3) is 6.08 Å². The van der Waals surface area contributed by atoms with E-state index in [4.69, 9.17) is 34.8 Å². The summed E-state index contributed by atoms with van der Waals surface area (Å²) < 4.78 is 0. The van der Waals surface area contributed by atoms with Crippen LogP contribution in [0, 0.1) is 0 Å². The van der Waals surface area contributed by atoms with Gasteiger partial charge in [-0.05, 0) is 42.0 Å². The quantitative estimate of drug-likeness (QED) is 0.616. The smallest absolute Gasteiger partial charge is 0.244 e. The van der Waals surface area contributed by atoms with E-state index in [0.29, 0.717) is 20.6 Å². The zero-order valence-electron chi connectivity index (χ0n) is 11.9. The van der Waals surface area contributed by atoms with Crippen LogP contribution in [0.1, 0.15) is 15.9 Å². The number of amides is 1. The van der Waals surface area contributed by atoms with Crippen molar-refractivity contribution < 1.29 is 9.59 Å². The van der Waals surface area contributed by atoms with Gasteiger partial charge in [0.25, 0.3) is 0 Å².